The van der Waals surface area contributed by atoms with E-state index in [0.717, 1.165) is 16.3 Å². The first-order valence-electron chi connectivity index (χ1n) is 7.34. The molecule has 0 bridgehead atoms. The number of hydrogen-bond acceptors (Lipinski definition) is 5. The highest BCUT2D eigenvalue weighted by molar-refractivity contribution is 7.10. The molecule has 0 saturated heterocycles. The molecule has 1 aromatic carbocycles. The molecule has 0 unspecified atom stereocenters. The van der Waals surface area contributed by atoms with Crippen LogP contribution in [0, 0.1) is 11.3 Å². The van der Waals surface area contributed by atoms with Crippen molar-refractivity contribution >= 4 is 17.2 Å². The molecule has 1 amide bonds. The Bertz CT molecular complexity index is 899. The van der Waals surface area contributed by atoms with Crippen molar-refractivity contribution in [1.82, 2.24) is 15.3 Å². The Morgan fingerprint density at radius 2 is 2.08 bits per heavy atom. The van der Waals surface area contributed by atoms with Crippen molar-refractivity contribution in [3.63, 3.8) is 0 Å². The number of carbonyl (C=O) groups is 1. The number of nitrogens with one attached hydrogen (secondary N) is 1. The Morgan fingerprint density at radius 1 is 1.29 bits per heavy atom. The normalized spacial score (nSPS) is 11.5. The third kappa shape index (κ3) is 3.47. The summed E-state index contributed by atoms with van der Waals surface area (Å²) in [5.74, 6) is -0.222. The van der Waals surface area contributed by atoms with E-state index in [1.54, 1.807) is 36.7 Å². The highest BCUT2D eigenvalue weighted by atomic mass is 32.1. The van der Waals surface area contributed by atoms with Gasteiger partial charge in [0.2, 0.25) is 0 Å². The number of hydrogen-bond donors (Lipinski definition) is 1. The van der Waals surface area contributed by atoms with E-state index in [-0.39, 0.29) is 11.9 Å². The number of benzene rings is 1. The topological polar surface area (TPSA) is 78.7 Å². The Labute approximate surface area is 143 Å². The molecule has 6 heteroatoms. The predicted molar refractivity (Wildman–Crippen MR) is 92.4 cm³/mol. The van der Waals surface area contributed by atoms with Gasteiger partial charge < -0.3 is 5.32 Å². The molecular weight excluding hydrogens is 320 g/mol. The Hall–Kier alpha value is -3.04. The molecule has 2 aromatic heterocycles. The maximum absolute atomic E-state index is 12.3. The van der Waals surface area contributed by atoms with Gasteiger partial charge in [0, 0.05) is 28.9 Å². The lowest BCUT2D eigenvalue weighted by Crippen LogP contribution is -2.26. The highest BCUT2D eigenvalue weighted by Gasteiger charge is 2.15. The van der Waals surface area contributed by atoms with Gasteiger partial charge >= 0.3 is 0 Å². The first-order chi connectivity index (χ1) is 11.7. The summed E-state index contributed by atoms with van der Waals surface area (Å²) in [6, 6.07) is 12.2. The van der Waals surface area contributed by atoms with E-state index in [1.807, 2.05) is 30.5 Å². The molecule has 24 heavy (non-hydrogen) atoms. The molecule has 5 nitrogen and oxygen atoms in total. The summed E-state index contributed by atoms with van der Waals surface area (Å²) in [6.45, 7) is 1.89. The van der Waals surface area contributed by atoms with E-state index >= 15 is 0 Å². The number of pyridine rings is 1. The Kier molecular flexibility index (Phi) is 4.64. The number of nitriles is 1. The fourth-order valence-corrected chi connectivity index (χ4v) is 3.05. The smallest absolute Gasteiger partial charge is 0.251 e. The second-order valence-corrected chi connectivity index (χ2v) is 6.08. The minimum absolute atomic E-state index is 0.219. The third-order valence-electron chi connectivity index (χ3n) is 3.47. The van der Waals surface area contributed by atoms with Crippen molar-refractivity contribution in [2.45, 2.75) is 13.0 Å². The van der Waals surface area contributed by atoms with Crippen LogP contribution in [0.4, 0.5) is 0 Å². The van der Waals surface area contributed by atoms with E-state index in [2.05, 4.69) is 15.3 Å². The van der Waals surface area contributed by atoms with Crippen molar-refractivity contribution in [1.29, 1.82) is 5.26 Å². The average Bonchev–Trinajstić information content (AvgIpc) is 3.13. The van der Waals surface area contributed by atoms with Crippen molar-refractivity contribution in [3.8, 4) is 17.3 Å². The standard InChI is InChI=1S/C18H14N4OS/c1-12(21-17(23)15-4-2-3-13(9-15)10-19)18-22-16(11-24-18)14-5-7-20-8-6-14/h2-9,11-12H,1H3,(H,21,23)/t12-/m0/s1. The molecule has 1 atom stereocenters. The van der Waals surface area contributed by atoms with E-state index < -0.39 is 0 Å². The minimum Gasteiger partial charge on any atom is -0.343 e. The molecule has 0 aliphatic heterocycles. The molecular formula is C18H14N4OS. The lowest BCUT2D eigenvalue weighted by atomic mass is 10.1. The van der Waals surface area contributed by atoms with Crippen LogP contribution in [-0.2, 0) is 0 Å². The molecule has 3 rings (SSSR count). The molecule has 0 spiro atoms. The number of nitrogens with zero attached hydrogens (tertiary/aromatic N) is 3. The summed E-state index contributed by atoms with van der Waals surface area (Å²) in [4.78, 5) is 20.9. The van der Waals surface area contributed by atoms with Gasteiger partial charge in [0.25, 0.3) is 5.91 Å². The van der Waals surface area contributed by atoms with Crippen molar-refractivity contribution in [2.24, 2.45) is 0 Å². The van der Waals surface area contributed by atoms with Crippen molar-refractivity contribution in [3.05, 3.63) is 70.3 Å². The van der Waals surface area contributed by atoms with Crippen molar-refractivity contribution < 1.29 is 4.79 Å². The number of rotatable bonds is 4. The molecule has 118 valence electrons. The molecule has 2 heterocycles. The van der Waals surface area contributed by atoms with Crippen LogP contribution in [0.1, 0.15) is 33.9 Å². The van der Waals surface area contributed by atoms with Gasteiger partial charge in [0.05, 0.1) is 23.4 Å². The molecule has 0 fully saturated rings. The summed E-state index contributed by atoms with van der Waals surface area (Å²) in [7, 11) is 0. The van der Waals surface area contributed by atoms with Crippen LogP contribution in [0.25, 0.3) is 11.3 Å². The van der Waals surface area contributed by atoms with Crippen LogP contribution >= 0.6 is 11.3 Å². The SMILES string of the molecule is C[C@H](NC(=O)c1cccc(C#N)c1)c1nc(-c2ccncc2)cs1. The molecule has 3 aromatic rings. The zero-order valence-corrected chi connectivity index (χ0v) is 13.7. The fourth-order valence-electron chi connectivity index (χ4n) is 2.21. The van der Waals surface area contributed by atoms with Crippen molar-refractivity contribution in [2.75, 3.05) is 0 Å². The Balaban J connectivity index is 1.73. The Morgan fingerprint density at radius 3 is 2.83 bits per heavy atom. The van der Waals surface area contributed by atoms with E-state index in [9.17, 15) is 4.79 Å². The quantitative estimate of drug-likeness (QED) is 0.791. The van der Waals surface area contributed by atoms with E-state index in [4.69, 9.17) is 5.26 Å². The number of carbonyl (C=O) groups excluding carboxylic acids is 1. The first kappa shape index (κ1) is 15.8. The predicted octanol–water partition coefficient (Wildman–Crippen LogP) is 3.57. The lowest BCUT2D eigenvalue weighted by molar-refractivity contribution is 0.0940. The summed E-state index contributed by atoms with van der Waals surface area (Å²) in [5, 5.41) is 14.6. The van der Waals surface area contributed by atoms with Crippen LogP contribution in [0.2, 0.25) is 0 Å². The zero-order chi connectivity index (χ0) is 16.9. The van der Waals surface area contributed by atoms with Crippen LogP contribution in [0.5, 0.6) is 0 Å². The highest BCUT2D eigenvalue weighted by Crippen LogP contribution is 2.25. The summed E-state index contributed by atoms with van der Waals surface area (Å²) in [6.07, 6.45) is 3.45. The van der Waals surface area contributed by atoms with E-state index in [0.29, 0.717) is 11.1 Å². The minimum atomic E-state index is -0.222. The van der Waals surface area contributed by atoms with Gasteiger partial charge in [-0.25, -0.2) is 4.98 Å². The van der Waals surface area contributed by atoms with Crippen LogP contribution in [0.3, 0.4) is 0 Å². The number of amides is 1. The van der Waals surface area contributed by atoms with Gasteiger partial charge in [-0.1, -0.05) is 6.07 Å². The van der Waals surface area contributed by atoms with Crippen LogP contribution in [0.15, 0.2) is 54.2 Å². The second kappa shape index (κ2) is 7.02. The molecule has 0 aliphatic rings. The molecule has 0 radical (unpaired) electrons. The molecule has 1 N–H and O–H groups in total. The average molecular weight is 334 g/mol. The van der Waals surface area contributed by atoms with Gasteiger partial charge in [-0.05, 0) is 37.3 Å². The zero-order valence-electron chi connectivity index (χ0n) is 12.9. The largest absolute Gasteiger partial charge is 0.343 e. The summed E-state index contributed by atoms with van der Waals surface area (Å²) >= 11 is 1.50. The van der Waals surface area contributed by atoms with Crippen LogP contribution < -0.4 is 5.32 Å². The van der Waals surface area contributed by atoms with Gasteiger partial charge in [-0.3, -0.25) is 9.78 Å². The molecule has 0 aliphatic carbocycles. The fraction of sp³-hybridized carbons (Fsp3) is 0.111. The lowest BCUT2D eigenvalue weighted by Gasteiger charge is -2.11. The number of thiazole rings is 1. The maximum Gasteiger partial charge on any atom is 0.251 e. The second-order valence-electron chi connectivity index (χ2n) is 5.19. The van der Waals surface area contributed by atoms with E-state index in [1.165, 1.54) is 11.3 Å². The van der Waals surface area contributed by atoms with Gasteiger partial charge in [0.15, 0.2) is 0 Å². The van der Waals surface area contributed by atoms with Gasteiger partial charge in [-0.2, -0.15) is 5.26 Å². The maximum atomic E-state index is 12.3. The summed E-state index contributed by atoms with van der Waals surface area (Å²) < 4.78 is 0. The van der Waals surface area contributed by atoms with Gasteiger partial charge in [0.1, 0.15) is 5.01 Å². The first-order valence-corrected chi connectivity index (χ1v) is 8.22. The summed E-state index contributed by atoms with van der Waals surface area (Å²) in [5.41, 5.74) is 2.79. The number of aromatic nitrogens is 2. The van der Waals surface area contributed by atoms with Gasteiger partial charge in [-0.15, -0.1) is 11.3 Å². The molecule has 0 saturated carbocycles. The third-order valence-corrected chi connectivity index (χ3v) is 4.50. The monoisotopic (exact) mass is 334 g/mol. The van der Waals surface area contributed by atoms with Crippen LogP contribution in [-0.4, -0.2) is 15.9 Å².